The van der Waals surface area contributed by atoms with Crippen molar-refractivity contribution >= 4 is 59.4 Å². The molecule has 0 amide bonds. The summed E-state index contributed by atoms with van der Waals surface area (Å²) in [6.45, 7) is 0. The predicted octanol–water partition coefficient (Wildman–Crippen LogP) is 6.63. The molecule has 0 saturated carbocycles. The first kappa shape index (κ1) is 15.4. The number of hydrogen-bond acceptors (Lipinski definition) is 0. The van der Waals surface area contributed by atoms with Crippen LogP contribution in [0.5, 0.6) is 0 Å². The van der Waals surface area contributed by atoms with Crippen molar-refractivity contribution in [2.45, 2.75) is 4.83 Å². The van der Waals surface area contributed by atoms with E-state index in [1.165, 1.54) is 0 Å². The van der Waals surface area contributed by atoms with Gasteiger partial charge >= 0.3 is 0 Å². The van der Waals surface area contributed by atoms with Crippen LogP contribution in [0.1, 0.15) is 16.0 Å². The van der Waals surface area contributed by atoms with Gasteiger partial charge in [-0.05, 0) is 55.6 Å². The summed E-state index contributed by atoms with van der Waals surface area (Å²) < 4.78 is 28.3. The molecule has 1 atom stereocenters. The minimum absolute atomic E-state index is 0.0915. The van der Waals surface area contributed by atoms with Crippen LogP contribution < -0.4 is 0 Å². The number of halogens is 6. The Hall–Kier alpha value is 0.0300. The van der Waals surface area contributed by atoms with E-state index in [0.29, 0.717) is 15.1 Å². The number of rotatable bonds is 2. The highest BCUT2D eigenvalue weighted by Gasteiger charge is 2.20. The lowest BCUT2D eigenvalue weighted by molar-refractivity contribution is 0.583. The average Bonchev–Trinajstić information content (AvgIpc) is 2.36. The topological polar surface area (TPSA) is 0 Å². The Bertz CT molecular complexity index is 632. The third-order valence-electron chi connectivity index (χ3n) is 2.57. The van der Waals surface area contributed by atoms with Gasteiger partial charge in [-0.1, -0.05) is 39.7 Å². The quantitative estimate of drug-likeness (QED) is 0.338. The van der Waals surface area contributed by atoms with Crippen LogP contribution in [0.4, 0.5) is 8.78 Å². The van der Waals surface area contributed by atoms with Gasteiger partial charge in [-0.15, -0.1) is 0 Å². The fourth-order valence-electron chi connectivity index (χ4n) is 1.62. The average molecular weight is 475 g/mol. The second kappa shape index (κ2) is 6.20. The second-order valence-corrected chi connectivity index (χ2v) is 6.80. The van der Waals surface area contributed by atoms with Crippen molar-refractivity contribution in [3.63, 3.8) is 0 Å². The van der Waals surface area contributed by atoms with Crippen molar-refractivity contribution in [2.75, 3.05) is 0 Å². The normalized spacial score (nSPS) is 12.5. The first-order valence-corrected chi connectivity index (χ1v) is 8.02. The maximum Gasteiger partial charge on any atom is 0.137 e. The highest BCUT2D eigenvalue weighted by Crippen LogP contribution is 2.40. The summed E-state index contributed by atoms with van der Waals surface area (Å²) in [5, 5.41) is 0.465. The van der Waals surface area contributed by atoms with Gasteiger partial charge < -0.3 is 0 Å². The number of hydrogen-bond donors (Lipinski definition) is 0. The van der Waals surface area contributed by atoms with Gasteiger partial charge in [0.1, 0.15) is 11.6 Å². The van der Waals surface area contributed by atoms with E-state index in [-0.39, 0.29) is 10.0 Å². The molecule has 0 spiro atoms. The molecular formula is C13H6Br3ClF2. The molecule has 6 heteroatoms. The molecule has 0 aliphatic rings. The maximum absolute atomic E-state index is 13.9. The molecule has 0 heterocycles. The van der Waals surface area contributed by atoms with Crippen LogP contribution in [0.15, 0.2) is 39.3 Å². The predicted molar refractivity (Wildman–Crippen MR) is 84.0 cm³/mol. The zero-order valence-electron chi connectivity index (χ0n) is 9.23. The van der Waals surface area contributed by atoms with Gasteiger partial charge in [0.05, 0.1) is 14.3 Å². The van der Waals surface area contributed by atoms with Crippen LogP contribution in [0.2, 0.25) is 5.02 Å². The molecule has 0 fully saturated rings. The first-order valence-electron chi connectivity index (χ1n) is 5.14. The molecular weight excluding hydrogens is 469 g/mol. The Morgan fingerprint density at radius 2 is 1.63 bits per heavy atom. The van der Waals surface area contributed by atoms with Crippen molar-refractivity contribution in [3.05, 3.63) is 67.1 Å². The molecule has 2 aromatic carbocycles. The summed E-state index contributed by atoms with van der Waals surface area (Å²) in [6.07, 6.45) is 0. The van der Waals surface area contributed by atoms with Gasteiger partial charge in [-0.2, -0.15) is 0 Å². The lowest BCUT2D eigenvalue weighted by Gasteiger charge is -2.14. The summed E-state index contributed by atoms with van der Waals surface area (Å²) in [5.74, 6) is -1.03. The SMILES string of the molecule is Fc1cc(C(Br)c2cccc(Br)c2Cl)c(F)cc1Br. The molecule has 0 aliphatic carbocycles. The van der Waals surface area contributed by atoms with E-state index >= 15 is 0 Å². The molecule has 2 aromatic rings. The molecule has 100 valence electrons. The van der Waals surface area contributed by atoms with E-state index in [1.54, 1.807) is 18.2 Å². The van der Waals surface area contributed by atoms with E-state index in [0.717, 1.165) is 12.1 Å². The molecule has 0 bridgehead atoms. The van der Waals surface area contributed by atoms with Gasteiger partial charge in [0.15, 0.2) is 0 Å². The third kappa shape index (κ3) is 3.20. The molecule has 0 aliphatic heterocycles. The van der Waals surface area contributed by atoms with E-state index < -0.39 is 16.5 Å². The van der Waals surface area contributed by atoms with Crippen molar-refractivity contribution in [3.8, 4) is 0 Å². The monoisotopic (exact) mass is 472 g/mol. The third-order valence-corrected chi connectivity index (χ3v) is 5.47. The molecule has 0 saturated heterocycles. The molecule has 2 rings (SSSR count). The van der Waals surface area contributed by atoms with E-state index in [1.807, 2.05) is 0 Å². The molecule has 0 aromatic heterocycles. The lowest BCUT2D eigenvalue weighted by atomic mass is 10.0. The zero-order valence-corrected chi connectivity index (χ0v) is 14.7. The number of alkyl halides is 1. The van der Waals surface area contributed by atoms with Gasteiger partial charge in [0.25, 0.3) is 0 Å². The number of benzene rings is 2. The Kier molecular flexibility index (Phi) is 5.04. The highest BCUT2D eigenvalue weighted by atomic mass is 79.9. The lowest BCUT2D eigenvalue weighted by Crippen LogP contribution is -1.99. The fraction of sp³-hybridized carbons (Fsp3) is 0.0769. The highest BCUT2D eigenvalue weighted by molar-refractivity contribution is 9.11. The van der Waals surface area contributed by atoms with Crippen molar-refractivity contribution < 1.29 is 8.78 Å². The van der Waals surface area contributed by atoms with Gasteiger partial charge in [-0.3, -0.25) is 0 Å². The Balaban J connectivity index is 2.53. The van der Waals surface area contributed by atoms with Crippen LogP contribution in [0, 0.1) is 11.6 Å². The van der Waals surface area contributed by atoms with Crippen molar-refractivity contribution in [1.29, 1.82) is 0 Å². The molecule has 0 N–H and O–H groups in total. The minimum atomic E-state index is -0.528. The van der Waals surface area contributed by atoms with Crippen LogP contribution >= 0.6 is 59.4 Å². The Labute approximate surface area is 139 Å². The minimum Gasteiger partial charge on any atom is -0.207 e. The van der Waals surface area contributed by atoms with Gasteiger partial charge in [-0.25, -0.2) is 8.78 Å². The zero-order chi connectivity index (χ0) is 14.2. The smallest absolute Gasteiger partial charge is 0.137 e. The Morgan fingerprint density at radius 3 is 2.32 bits per heavy atom. The summed E-state index contributed by atoms with van der Waals surface area (Å²) in [5.41, 5.74) is 0.859. The summed E-state index contributed by atoms with van der Waals surface area (Å²) in [4.78, 5) is -0.528. The van der Waals surface area contributed by atoms with E-state index in [9.17, 15) is 8.78 Å². The Morgan fingerprint density at radius 1 is 0.947 bits per heavy atom. The first-order chi connectivity index (χ1) is 8.91. The standard InChI is InChI=1S/C13H6Br3ClF2/c14-8-3-1-2-6(13(8)17)12(16)7-4-11(19)9(15)5-10(7)18/h1-5,12H. The van der Waals surface area contributed by atoms with Crippen molar-refractivity contribution in [1.82, 2.24) is 0 Å². The second-order valence-electron chi connectivity index (χ2n) is 3.79. The molecule has 0 nitrogen and oxygen atoms in total. The largest absolute Gasteiger partial charge is 0.207 e. The van der Waals surface area contributed by atoms with Crippen molar-refractivity contribution in [2.24, 2.45) is 0 Å². The summed E-state index contributed by atoms with van der Waals surface area (Å²) in [7, 11) is 0. The van der Waals surface area contributed by atoms with E-state index in [2.05, 4.69) is 47.8 Å². The maximum atomic E-state index is 13.9. The summed E-state index contributed by atoms with van der Waals surface area (Å²) in [6, 6.07) is 7.57. The fourth-order valence-corrected chi connectivity index (χ4v) is 3.41. The van der Waals surface area contributed by atoms with Gasteiger partial charge in [0.2, 0.25) is 0 Å². The molecule has 19 heavy (non-hydrogen) atoms. The van der Waals surface area contributed by atoms with Gasteiger partial charge in [0, 0.05) is 10.0 Å². The summed E-state index contributed by atoms with van der Waals surface area (Å²) >= 11 is 15.8. The molecule has 0 radical (unpaired) electrons. The molecule has 1 unspecified atom stereocenters. The van der Waals surface area contributed by atoms with Crippen LogP contribution in [-0.2, 0) is 0 Å². The van der Waals surface area contributed by atoms with Crippen LogP contribution in [-0.4, -0.2) is 0 Å². The van der Waals surface area contributed by atoms with E-state index in [4.69, 9.17) is 11.6 Å². The van der Waals surface area contributed by atoms with Crippen LogP contribution in [0.3, 0.4) is 0 Å². The van der Waals surface area contributed by atoms with Crippen LogP contribution in [0.25, 0.3) is 0 Å².